The summed E-state index contributed by atoms with van der Waals surface area (Å²) >= 11 is 6.63. The monoisotopic (exact) mass is 344 g/mol. The van der Waals surface area contributed by atoms with E-state index in [1.165, 1.54) is 0 Å². The van der Waals surface area contributed by atoms with Gasteiger partial charge in [0.1, 0.15) is 5.76 Å². The van der Waals surface area contributed by atoms with Crippen molar-refractivity contribution >= 4 is 31.9 Å². The van der Waals surface area contributed by atoms with E-state index in [0.29, 0.717) is 11.1 Å². The van der Waals surface area contributed by atoms with Crippen LogP contribution in [-0.2, 0) is 6.42 Å². The Morgan fingerprint density at radius 3 is 2.75 bits per heavy atom. The van der Waals surface area contributed by atoms with Gasteiger partial charge < -0.3 is 10.2 Å². The van der Waals surface area contributed by atoms with Gasteiger partial charge in [-0.2, -0.15) is 0 Å². The molecule has 0 spiro atoms. The molecule has 0 amide bonds. The molecule has 2 aromatic rings. The van der Waals surface area contributed by atoms with E-state index in [4.69, 9.17) is 10.2 Å². The van der Waals surface area contributed by atoms with E-state index in [-0.39, 0.29) is 6.04 Å². The van der Waals surface area contributed by atoms with Crippen LogP contribution in [0.25, 0.3) is 0 Å². The number of nitrogens with zero attached hydrogens (tertiary/aromatic N) is 1. The Kier molecular flexibility index (Phi) is 3.78. The summed E-state index contributed by atoms with van der Waals surface area (Å²) in [7, 11) is 0. The molecule has 16 heavy (non-hydrogen) atoms. The van der Waals surface area contributed by atoms with Gasteiger partial charge in [-0.1, -0.05) is 0 Å². The minimum atomic E-state index is -0.151. The Bertz CT molecular complexity index is 484. The van der Waals surface area contributed by atoms with Crippen LogP contribution < -0.4 is 5.73 Å². The van der Waals surface area contributed by atoms with Crippen LogP contribution in [0.2, 0.25) is 0 Å². The van der Waals surface area contributed by atoms with Crippen LogP contribution >= 0.6 is 31.9 Å². The molecule has 0 fully saturated rings. The first kappa shape index (κ1) is 11.8. The second-order valence-electron chi connectivity index (χ2n) is 3.46. The zero-order valence-electron chi connectivity index (χ0n) is 8.36. The van der Waals surface area contributed by atoms with Crippen LogP contribution in [0.5, 0.6) is 0 Å². The zero-order valence-corrected chi connectivity index (χ0v) is 11.5. The van der Waals surface area contributed by atoms with Gasteiger partial charge in [0, 0.05) is 16.9 Å². The number of pyridine rings is 1. The SMILES string of the molecule is NC(Cc1cncc(Br)c1)c1ccc(Br)o1. The minimum Gasteiger partial charge on any atom is -0.453 e. The summed E-state index contributed by atoms with van der Waals surface area (Å²) in [5.41, 5.74) is 7.11. The molecule has 0 aliphatic heterocycles. The molecule has 0 saturated carbocycles. The van der Waals surface area contributed by atoms with Crippen molar-refractivity contribution in [2.45, 2.75) is 12.5 Å². The molecule has 1 atom stereocenters. The smallest absolute Gasteiger partial charge is 0.169 e. The quantitative estimate of drug-likeness (QED) is 0.926. The average molecular weight is 346 g/mol. The van der Waals surface area contributed by atoms with Crippen molar-refractivity contribution in [3.8, 4) is 0 Å². The van der Waals surface area contributed by atoms with Crippen molar-refractivity contribution in [1.82, 2.24) is 4.98 Å². The van der Waals surface area contributed by atoms with Gasteiger partial charge in [0.05, 0.1) is 6.04 Å². The molecule has 3 nitrogen and oxygen atoms in total. The lowest BCUT2D eigenvalue weighted by molar-refractivity contribution is 0.448. The highest BCUT2D eigenvalue weighted by Crippen LogP contribution is 2.22. The molecule has 2 aromatic heterocycles. The number of rotatable bonds is 3. The molecule has 0 aliphatic rings. The van der Waals surface area contributed by atoms with Gasteiger partial charge in [-0.25, -0.2) is 0 Å². The first-order valence-electron chi connectivity index (χ1n) is 4.75. The van der Waals surface area contributed by atoms with Gasteiger partial charge in [-0.05, 0) is 62.0 Å². The third-order valence-electron chi connectivity index (χ3n) is 2.18. The van der Waals surface area contributed by atoms with Gasteiger partial charge in [-0.3, -0.25) is 4.98 Å². The Morgan fingerprint density at radius 2 is 2.12 bits per heavy atom. The molecule has 0 aliphatic carbocycles. The predicted octanol–water partition coefficient (Wildman–Crippen LogP) is 3.44. The first-order valence-corrected chi connectivity index (χ1v) is 6.34. The number of hydrogen-bond donors (Lipinski definition) is 1. The zero-order chi connectivity index (χ0) is 11.5. The summed E-state index contributed by atoms with van der Waals surface area (Å²) in [5.74, 6) is 0.770. The normalized spacial score (nSPS) is 12.7. The molecule has 84 valence electrons. The largest absolute Gasteiger partial charge is 0.453 e. The van der Waals surface area contributed by atoms with Gasteiger partial charge in [0.25, 0.3) is 0 Å². The van der Waals surface area contributed by atoms with E-state index >= 15 is 0 Å². The minimum absolute atomic E-state index is 0.151. The van der Waals surface area contributed by atoms with Crippen LogP contribution in [0.3, 0.4) is 0 Å². The predicted molar refractivity (Wildman–Crippen MR) is 69.0 cm³/mol. The molecule has 0 aromatic carbocycles. The van der Waals surface area contributed by atoms with Crippen LogP contribution in [0.4, 0.5) is 0 Å². The topological polar surface area (TPSA) is 52.0 Å². The highest BCUT2D eigenvalue weighted by atomic mass is 79.9. The van der Waals surface area contributed by atoms with Gasteiger partial charge in [0.2, 0.25) is 0 Å². The molecule has 0 radical (unpaired) electrons. The van der Waals surface area contributed by atoms with E-state index in [2.05, 4.69) is 36.8 Å². The van der Waals surface area contributed by atoms with Crippen LogP contribution in [0.1, 0.15) is 17.4 Å². The fourth-order valence-corrected chi connectivity index (χ4v) is 2.18. The van der Waals surface area contributed by atoms with E-state index in [1.54, 1.807) is 6.20 Å². The standard InChI is InChI=1S/C11H10Br2N2O/c12-8-3-7(5-15-6-8)4-9(14)10-1-2-11(13)16-10/h1-3,5-6,9H,4,14H2. The number of nitrogens with two attached hydrogens (primary N) is 1. The van der Waals surface area contributed by atoms with Gasteiger partial charge in [-0.15, -0.1) is 0 Å². The Hall–Kier alpha value is -0.650. The Morgan fingerprint density at radius 1 is 1.31 bits per heavy atom. The average Bonchev–Trinajstić information content (AvgIpc) is 2.65. The second kappa shape index (κ2) is 5.12. The number of aromatic nitrogens is 1. The molecule has 0 bridgehead atoms. The number of furan rings is 1. The van der Waals surface area contributed by atoms with Crippen molar-refractivity contribution in [1.29, 1.82) is 0 Å². The van der Waals surface area contributed by atoms with Crippen LogP contribution in [0, 0.1) is 0 Å². The van der Waals surface area contributed by atoms with E-state index in [1.807, 2.05) is 24.4 Å². The van der Waals surface area contributed by atoms with Crippen molar-refractivity contribution in [2.75, 3.05) is 0 Å². The van der Waals surface area contributed by atoms with E-state index < -0.39 is 0 Å². The fraction of sp³-hybridized carbons (Fsp3) is 0.182. The molecule has 2 rings (SSSR count). The fourth-order valence-electron chi connectivity index (χ4n) is 1.45. The van der Waals surface area contributed by atoms with E-state index in [0.717, 1.165) is 15.8 Å². The molecule has 0 saturated heterocycles. The first-order chi connectivity index (χ1) is 7.65. The third kappa shape index (κ3) is 2.93. The Balaban J connectivity index is 2.10. The molecule has 2 heterocycles. The summed E-state index contributed by atoms with van der Waals surface area (Å²) in [6.07, 6.45) is 4.26. The van der Waals surface area contributed by atoms with Gasteiger partial charge >= 0.3 is 0 Å². The Labute approximate surface area is 110 Å². The van der Waals surface area contributed by atoms with Crippen molar-refractivity contribution < 1.29 is 4.42 Å². The van der Waals surface area contributed by atoms with Crippen molar-refractivity contribution in [3.05, 3.63) is 51.1 Å². The maximum Gasteiger partial charge on any atom is 0.169 e. The van der Waals surface area contributed by atoms with Crippen molar-refractivity contribution in [3.63, 3.8) is 0 Å². The lowest BCUT2D eigenvalue weighted by Crippen LogP contribution is -2.12. The molecule has 5 heteroatoms. The summed E-state index contributed by atoms with van der Waals surface area (Å²) in [6.45, 7) is 0. The maximum atomic E-state index is 6.03. The molecule has 1 unspecified atom stereocenters. The molecular weight excluding hydrogens is 336 g/mol. The number of halogens is 2. The summed E-state index contributed by atoms with van der Waals surface area (Å²) in [6, 6.07) is 5.57. The van der Waals surface area contributed by atoms with Crippen LogP contribution in [-0.4, -0.2) is 4.98 Å². The molecule has 2 N–H and O–H groups in total. The number of hydrogen-bond acceptors (Lipinski definition) is 3. The lowest BCUT2D eigenvalue weighted by atomic mass is 10.1. The summed E-state index contributed by atoms with van der Waals surface area (Å²) in [4.78, 5) is 4.09. The second-order valence-corrected chi connectivity index (χ2v) is 5.16. The van der Waals surface area contributed by atoms with Gasteiger partial charge in [0.15, 0.2) is 4.67 Å². The maximum absolute atomic E-state index is 6.03. The van der Waals surface area contributed by atoms with Crippen molar-refractivity contribution in [2.24, 2.45) is 5.73 Å². The summed E-state index contributed by atoms with van der Waals surface area (Å²) in [5, 5.41) is 0. The van der Waals surface area contributed by atoms with Crippen LogP contribution in [0.15, 0.2) is 44.2 Å². The lowest BCUT2D eigenvalue weighted by Gasteiger charge is -2.08. The molecular formula is C11H10Br2N2O. The summed E-state index contributed by atoms with van der Waals surface area (Å²) < 4.78 is 7.06. The van der Waals surface area contributed by atoms with E-state index in [9.17, 15) is 0 Å². The third-order valence-corrected chi connectivity index (χ3v) is 3.04. The highest BCUT2D eigenvalue weighted by Gasteiger charge is 2.11. The highest BCUT2D eigenvalue weighted by molar-refractivity contribution is 9.10.